The largest absolute Gasteiger partial charge is 0.369 e. The van der Waals surface area contributed by atoms with Gasteiger partial charge >= 0.3 is 0 Å². The monoisotopic (exact) mass is 274 g/mol. The van der Waals surface area contributed by atoms with Crippen molar-refractivity contribution in [3.63, 3.8) is 0 Å². The molecule has 0 saturated carbocycles. The number of hydrogen-bond acceptors (Lipinski definition) is 2. The molecule has 0 amide bonds. The lowest BCUT2D eigenvalue weighted by Crippen LogP contribution is -2.17. The molecular weight excluding hydrogens is 256 g/mol. The average Bonchev–Trinajstić information content (AvgIpc) is 2.39. The standard InChI is InChI=1S/C16H19ClN2/c1-12(18)14-8-9-16(15(17)10-14)19(2)11-13-6-4-3-5-7-13/h3-10,12H,11,18H2,1-2H3/t12-/m0/s1. The zero-order valence-corrected chi connectivity index (χ0v) is 12.1. The van der Waals surface area contributed by atoms with Crippen molar-refractivity contribution in [2.75, 3.05) is 11.9 Å². The van der Waals surface area contributed by atoms with Crippen LogP contribution in [0.15, 0.2) is 48.5 Å². The number of nitrogens with zero attached hydrogens (tertiary/aromatic N) is 1. The van der Waals surface area contributed by atoms with E-state index in [9.17, 15) is 0 Å². The van der Waals surface area contributed by atoms with Crippen molar-refractivity contribution in [3.05, 3.63) is 64.7 Å². The second-order valence-electron chi connectivity index (χ2n) is 4.84. The van der Waals surface area contributed by atoms with E-state index in [0.717, 1.165) is 22.8 Å². The summed E-state index contributed by atoms with van der Waals surface area (Å²) < 4.78 is 0. The van der Waals surface area contributed by atoms with Gasteiger partial charge in [-0.1, -0.05) is 48.0 Å². The van der Waals surface area contributed by atoms with Crippen molar-refractivity contribution in [3.8, 4) is 0 Å². The third kappa shape index (κ3) is 3.49. The first kappa shape index (κ1) is 13.9. The van der Waals surface area contributed by atoms with Gasteiger partial charge in [0.25, 0.3) is 0 Å². The zero-order valence-electron chi connectivity index (χ0n) is 11.3. The third-order valence-corrected chi connectivity index (χ3v) is 3.47. The quantitative estimate of drug-likeness (QED) is 0.913. The Balaban J connectivity index is 2.17. The summed E-state index contributed by atoms with van der Waals surface area (Å²) in [5.41, 5.74) is 9.20. The number of halogens is 1. The fourth-order valence-corrected chi connectivity index (χ4v) is 2.39. The molecule has 0 heterocycles. The van der Waals surface area contributed by atoms with Gasteiger partial charge in [-0.2, -0.15) is 0 Å². The molecule has 0 saturated heterocycles. The maximum Gasteiger partial charge on any atom is 0.0642 e. The molecule has 0 aliphatic rings. The molecule has 2 rings (SSSR count). The van der Waals surface area contributed by atoms with Crippen LogP contribution in [0.4, 0.5) is 5.69 Å². The summed E-state index contributed by atoms with van der Waals surface area (Å²) in [6.45, 7) is 2.79. The van der Waals surface area contributed by atoms with Gasteiger partial charge in [-0.15, -0.1) is 0 Å². The van der Waals surface area contributed by atoms with Gasteiger partial charge in [-0.3, -0.25) is 0 Å². The second-order valence-corrected chi connectivity index (χ2v) is 5.25. The highest BCUT2D eigenvalue weighted by atomic mass is 35.5. The topological polar surface area (TPSA) is 29.3 Å². The first-order chi connectivity index (χ1) is 9.08. The van der Waals surface area contributed by atoms with E-state index >= 15 is 0 Å². The molecule has 2 aromatic carbocycles. The van der Waals surface area contributed by atoms with Crippen molar-refractivity contribution in [1.29, 1.82) is 0 Å². The van der Waals surface area contributed by atoms with Crippen LogP contribution in [-0.4, -0.2) is 7.05 Å². The van der Waals surface area contributed by atoms with Gasteiger partial charge in [0, 0.05) is 19.6 Å². The summed E-state index contributed by atoms with van der Waals surface area (Å²) in [7, 11) is 2.04. The minimum atomic E-state index is 0.00554. The Hall–Kier alpha value is -1.51. The van der Waals surface area contributed by atoms with E-state index in [2.05, 4.69) is 17.0 Å². The number of benzene rings is 2. The maximum atomic E-state index is 6.34. The van der Waals surface area contributed by atoms with Crippen LogP contribution in [-0.2, 0) is 6.54 Å². The van der Waals surface area contributed by atoms with Gasteiger partial charge in [0.05, 0.1) is 10.7 Å². The van der Waals surface area contributed by atoms with Crippen molar-refractivity contribution in [2.24, 2.45) is 5.73 Å². The summed E-state index contributed by atoms with van der Waals surface area (Å²) >= 11 is 6.34. The molecule has 1 atom stereocenters. The average molecular weight is 275 g/mol. The van der Waals surface area contributed by atoms with E-state index in [1.165, 1.54) is 5.56 Å². The Kier molecular flexibility index (Phi) is 4.46. The molecule has 0 spiro atoms. The minimum Gasteiger partial charge on any atom is -0.369 e. The molecule has 0 aliphatic heterocycles. The normalized spacial score (nSPS) is 12.2. The zero-order chi connectivity index (χ0) is 13.8. The number of rotatable bonds is 4. The molecule has 19 heavy (non-hydrogen) atoms. The molecule has 100 valence electrons. The van der Waals surface area contributed by atoms with Crippen LogP contribution in [0.5, 0.6) is 0 Å². The number of hydrogen-bond donors (Lipinski definition) is 1. The molecule has 2 nitrogen and oxygen atoms in total. The highest BCUT2D eigenvalue weighted by Crippen LogP contribution is 2.28. The van der Waals surface area contributed by atoms with Crippen LogP contribution in [0.1, 0.15) is 24.1 Å². The van der Waals surface area contributed by atoms with E-state index in [1.54, 1.807) is 0 Å². The van der Waals surface area contributed by atoms with Crippen LogP contribution < -0.4 is 10.6 Å². The molecule has 2 N–H and O–H groups in total. The van der Waals surface area contributed by atoms with Crippen molar-refractivity contribution >= 4 is 17.3 Å². The summed E-state index contributed by atoms with van der Waals surface area (Å²) in [6, 6.07) is 16.4. The molecule has 0 unspecified atom stereocenters. The van der Waals surface area contributed by atoms with Crippen molar-refractivity contribution in [1.82, 2.24) is 0 Å². The van der Waals surface area contributed by atoms with E-state index in [1.807, 2.05) is 50.4 Å². The van der Waals surface area contributed by atoms with E-state index in [4.69, 9.17) is 17.3 Å². The van der Waals surface area contributed by atoms with Crippen molar-refractivity contribution in [2.45, 2.75) is 19.5 Å². The highest BCUT2D eigenvalue weighted by molar-refractivity contribution is 6.33. The van der Waals surface area contributed by atoms with Gasteiger partial charge in [-0.05, 0) is 30.2 Å². The number of nitrogens with two attached hydrogens (primary N) is 1. The highest BCUT2D eigenvalue weighted by Gasteiger charge is 2.09. The third-order valence-electron chi connectivity index (χ3n) is 3.17. The van der Waals surface area contributed by atoms with Crippen molar-refractivity contribution < 1.29 is 0 Å². The van der Waals surface area contributed by atoms with E-state index in [0.29, 0.717) is 0 Å². The van der Waals surface area contributed by atoms with Crippen LogP contribution in [0.25, 0.3) is 0 Å². The Morgan fingerprint density at radius 1 is 1.16 bits per heavy atom. The summed E-state index contributed by atoms with van der Waals surface area (Å²) in [4.78, 5) is 2.14. The SMILES string of the molecule is C[C@H](N)c1ccc(N(C)Cc2ccccc2)c(Cl)c1. The summed E-state index contributed by atoms with van der Waals surface area (Å²) in [5, 5.41) is 0.744. The van der Waals surface area contributed by atoms with E-state index < -0.39 is 0 Å². The molecule has 0 radical (unpaired) electrons. The summed E-state index contributed by atoms with van der Waals surface area (Å²) in [6.07, 6.45) is 0. The van der Waals surface area contributed by atoms with Crippen LogP contribution in [0, 0.1) is 0 Å². The molecular formula is C16H19ClN2. The van der Waals surface area contributed by atoms with Gasteiger partial charge in [-0.25, -0.2) is 0 Å². The Morgan fingerprint density at radius 3 is 2.42 bits per heavy atom. The Bertz CT molecular complexity index is 538. The fourth-order valence-electron chi connectivity index (χ4n) is 2.06. The smallest absolute Gasteiger partial charge is 0.0642 e. The van der Waals surface area contributed by atoms with Gasteiger partial charge < -0.3 is 10.6 Å². The maximum absolute atomic E-state index is 6.34. The van der Waals surface area contributed by atoms with Gasteiger partial charge in [0.2, 0.25) is 0 Å². The van der Waals surface area contributed by atoms with Gasteiger partial charge in [0.15, 0.2) is 0 Å². The van der Waals surface area contributed by atoms with Gasteiger partial charge in [0.1, 0.15) is 0 Å². The van der Waals surface area contributed by atoms with E-state index in [-0.39, 0.29) is 6.04 Å². The lowest BCUT2D eigenvalue weighted by atomic mass is 10.1. The number of anilines is 1. The predicted octanol–water partition coefficient (Wildman–Crippen LogP) is 4.00. The molecule has 3 heteroatoms. The molecule has 0 bridgehead atoms. The van der Waals surface area contributed by atoms with Crippen LogP contribution in [0.2, 0.25) is 5.02 Å². The first-order valence-corrected chi connectivity index (χ1v) is 6.76. The minimum absolute atomic E-state index is 0.00554. The molecule has 0 aliphatic carbocycles. The van der Waals surface area contributed by atoms with Crippen LogP contribution in [0.3, 0.4) is 0 Å². The Labute approximate surface area is 119 Å². The lowest BCUT2D eigenvalue weighted by molar-refractivity contribution is 0.817. The predicted molar refractivity (Wildman–Crippen MR) is 82.6 cm³/mol. The molecule has 0 aromatic heterocycles. The lowest BCUT2D eigenvalue weighted by Gasteiger charge is -2.21. The molecule has 0 fully saturated rings. The second kappa shape index (κ2) is 6.09. The Morgan fingerprint density at radius 2 is 1.84 bits per heavy atom. The van der Waals surface area contributed by atoms with Crippen LogP contribution >= 0.6 is 11.6 Å². The summed E-state index contributed by atoms with van der Waals surface area (Å²) in [5.74, 6) is 0. The molecule has 2 aromatic rings. The fraction of sp³-hybridized carbons (Fsp3) is 0.250. The first-order valence-electron chi connectivity index (χ1n) is 6.38.